The molecule has 1 aliphatic rings. The Kier molecular flexibility index (Phi) is 2.58. The second-order valence-electron chi connectivity index (χ2n) is 2.32. The second-order valence-corrected chi connectivity index (χ2v) is 5.18. The molecule has 0 bridgehead atoms. The van der Waals surface area contributed by atoms with Gasteiger partial charge >= 0.3 is 0 Å². The van der Waals surface area contributed by atoms with Crippen LogP contribution < -0.4 is 0 Å². The van der Waals surface area contributed by atoms with Gasteiger partial charge in [0.25, 0.3) is 0 Å². The zero-order chi connectivity index (χ0) is 6.91. The van der Waals surface area contributed by atoms with Crippen LogP contribution in [0.2, 0.25) is 0 Å². The van der Waals surface area contributed by atoms with Crippen molar-refractivity contribution >= 4 is 35.0 Å². The Bertz CT molecular complexity index is 103. The fourth-order valence-electron chi connectivity index (χ4n) is 0.711. The molecule has 0 aromatic rings. The molecule has 1 saturated carbocycles. The first-order valence-corrected chi connectivity index (χ1v) is 5.03. The molecule has 54 valence electrons. The van der Waals surface area contributed by atoms with E-state index in [1.807, 2.05) is 11.8 Å². The molecule has 0 heterocycles. The molecule has 0 spiro atoms. The van der Waals surface area contributed by atoms with Crippen LogP contribution in [0.1, 0.15) is 13.3 Å². The lowest BCUT2D eigenvalue weighted by atomic mass is 10.5. The van der Waals surface area contributed by atoms with Crippen LogP contribution in [0, 0.1) is 5.92 Å². The lowest BCUT2D eigenvalue weighted by Crippen LogP contribution is -1.92. The van der Waals surface area contributed by atoms with E-state index in [2.05, 4.69) is 6.92 Å². The van der Waals surface area contributed by atoms with Gasteiger partial charge in [0.05, 0.1) is 0 Å². The smallest absolute Gasteiger partial charge is 0.122 e. The largest absolute Gasteiger partial charge is 0.162 e. The predicted octanol–water partition coefficient (Wildman–Crippen LogP) is 2.93. The van der Waals surface area contributed by atoms with Crippen LogP contribution in [0.15, 0.2) is 0 Å². The zero-order valence-corrected chi connectivity index (χ0v) is 7.69. The molecule has 0 N–H and O–H groups in total. The number of halogens is 2. The summed E-state index contributed by atoms with van der Waals surface area (Å²) < 4.78 is -0.359. The van der Waals surface area contributed by atoms with Crippen molar-refractivity contribution in [1.82, 2.24) is 0 Å². The topological polar surface area (TPSA) is 0 Å². The third-order valence-electron chi connectivity index (χ3n) is 1.48. The summed E-state index contributed by atoms with van der Waals surface area (Å²) in [6.07, 6.45) is 0.989. The molecule has 1 atom stereocenters. The average Bonchev–Trinajstić information content (AvgIpc) is 2.35. The highest BCUT2D eigenvalue weighted by atomic mass is 35.5. The first-order valence-electron chi connectivity index (χ1n) is 3.12. The molecule has 0 nitrogen and oxygen atoms in total. The van der Waals surface area contributed by atoms with Gasteiger partial charge in [-0.25, -0.2) is 0 Å². The maximum atomic E-state index is 5.80. The number of hydrogen-bond acceptors (Lipinski definition) is 1. The summed E-state index contributed by atoms with van der Waals surface area (Å²) in [5.41, 5.74) is 0. The van der Waals surface area contributed by atoms with E-state index in [4.69, 9.17) is 23.2 Å². The van der Waals surface area contributed by atoms with Gasteiger partial charge in [0.15, 0.2) is 0 Å². The monoisotopic (exact) mass is 184 g/mol. The molecule has 1 rings (SSSR count). The summed E-state index contributed by atoms with van der Waals surface area (Å²) >= 11 is 13.5. The first kappa shape index (κ1) is 8.03. The van der Waals surface area contributed by atoms with Crippen LogP contribution in [0.3, 0.4) is 0 Å². The summed E-state index contributed by atoms with van der Waals surface area (Å²) in [5.74, 6) is 2.86. The first-order chi connectivity index (χ1) is 4.17. The summed E-state index contributed by atoms with van der Waals surface area (Å²) in [5, 5.41) is 0. The molecular weight excluding hydrogens is 175 g/mol. The zero-order valence-electron chi connectivity index (χ0n) is 5.36. The summed E-state index contributed by atoms with van der Waals surface area (Å²) in [6, 6.07) is 0. The molecule has 3 heteroatoms. The minimum absolute atomic E-state index is 0.359. The van der Waals surface area contributed by atoms with E-state index >= 15 is 0 Å². The van der Waals surface area contributed by atoms with Crippen molar-refractivity contribution in [2.24, 2.45) is 5.92 Å². The quantitative estimate of drug-likeness (QED) is 0.609. The predicted molar refractivity (Wildman–Crippen MR) is 45.5 cm³/mol. The van der Waals surface area contributed by atoms with Crippen molar-refractivity contribution in [2.75, 3.05) is 11.5 Å². The van der Waals surface area contributed by atoms with Crippen LogP contribution in [0.5, 0.6) is 0 Å². The molecule has 1 aliphatic carbocycles. The minimum Gasteiger partial charge on any atom is -0.162 e. The Hall–Kier alpha value is 0.930. The standard InChI is InChI=1S/C6H10Cl2S/c1-2-9-4-5-3-6(5,7)8/h5H,2-4H2,1H3. The Balaban J connectivity index is 2.06. The molecule has 1 fully saturated rings. The molecule has 9 heavy (non-hydrogen) atoms. The van der Waals surface area contributed by atoms with Gasteiger partial charge < -0.3 is 0 Å². The highest BCUT2D eigenvalue weighted by Crippen LogP contribution is 2.54. The minimum atomic E-state index is -0.359. The highest BCUT2D eigenvalue weighted by Gasteiger charge is 2.50. The molecular formula is C6H10Cl2S. The lowest BCUT2D eigenvalue weighted by Gasteiger charge is -1.96. The van der Waals surface area contributed by atoms with E-state index < -0.39 is 0 Å². The summed E-state index contributed by atoms with van der Waals surface area (Å²) in [6.45, 7) is 2.15. The summed E-state index contributed by atoms with van der Waals surface area (Å²) in [4.78, 5) is 0. The number of alkyl halides is 2. The molecule has 0 aromatic heterocycles. The van der Waals surface area contributed by atoms with Gasteiger partial charge in [-0.1, -0.05) is 6.92 Å². The Labute approximate surface area is 70.3 Å². The van der Waals surface area contributed by atoms with E-state index in [9.17, 15) is 0 Å². The fraction of sp³-hybridized carbons (Fsp3) is 1.00. The van der Waals surface area contributed by atoms with Crippen LogP contribution in [0.25, 0.3) is 0 Å². The van der Waals surface area contributed by atoms with E-state index in [0.717, 1.165) is 12.2 Å². The van der Waals surface area contributed by atoms with Gasteiger partial charge in [-0.2, -0.15) is 11.8 Å². The third kappa shape index (κ3) is 2.21. The van der Waals surface area contributed by atoms with Crippen LogP contribution in [-0.2, 0) is 0 Å². The normalized spacial score (nSPS) is 30.3. The maximum absolute atomic E-state index is 5.80. The van der Waals surface area contributed by atoms with Gasteiger partial charge in [-0.05, 0) is 17.9 Å². The Morgan fingerprint density at radius 2 is 2.22 bits per heavy atom. The van der Waals surface area contributed by atoms with Gasteiger partial charge in [0, 0.05) is 5.92 Å². The average molecular weight is 185 g/mol. The number of rotatable bonds is 3. The van der Waals surface area contributed by atoms with Crippen molar-refractivity contribution in [1.29, 1.82) is 0 Å². The van der Waals surface area contributed by atoms with E-state index in [1.165, 1.54) is 5.75 Å². The highest BCUT2D eigenvalue weighted by molar-refractivity contribution is 7.99. The molecule has 0 aliphatic heterocycles. The number of hydrogen-bond donors (Lipinski definition) is 0. The molecule has 0 saturated heterocycles. The third-order valence-corrected chi connectivity index (χ3v) is 3.45. The fourth-order valence-corrected chi connectivity index (χ4v) is 2.34. The van der Waals surface area contributed by atoms with Crippen LogP contribution in [0.4, 0.5) is 0 Å². The van der Waals surface area contributed by atoms with E-state index in [0.29, 0.717) is 5.92 Å². The van der Waals surface area contributed by atoms with Crippen molar-refractivity contribution < 1.29 is 0 Å². The number of thioether (sulfide) groups is 1. The lowest BCUT2D eigenvalue weighted by molar-refractivity contribution is 0.980. The van der Waals surface area contributed by atoms with E-state index in [1.54, 1.807) is 0 Å². The van der Waals surface area contributed by atoms with Crippen molar-refractivity contribution in [3.63, 3.8) is 0 Å². The van der Waals surface area contributed by atoms with Crippen LogP contribution >= 0.6 is 35.0 Å². The second kappa shape index (κ2) is 2.89. The van der Waals surface area contributed by atoms with Gasteiger partial charge in [0.2, 0.25) is 0 Å². The molecule has 0 radical (unpaired) electrons. The van der Waals surface area contributed by atoms with Gasteiger partial charge in [-0.15, -0.1) is 23.2 Å². The summed E-state index contributed by atoms with van der Waals surface area (Å²) in [7, 11) is 0. The Morgan fingerprint density at radius 3 is 2.56 bits per heavy atom. The van der Waals surface area contributed by atoms with E-state index in [-0.39, 0.29) is 4.33 Å². The van der Waals surface area contributed by atoms with Crippen molar-refractivity contribution in [3.05, 3.63) is 0 Å². The molecule has 0 aromatic carbocycles. The Morgan fingerprint density at radius 1 is 1.67 bits per heavy atom. The molecule has 0 amide bonds. The van der Waals surface area contributed by atoms with Crippen molar-refractivity contribution in [2.45, 2.75) is 17.7 Å². The van der Waals surface area contributed by atoms with Gasteiger partial charge in [-0.3, -0.25) is 0 Å². The van der Waals surface area contributed by atoms with Crippen LogP contribution in [-0.4, -0.2) is 15.8 Å². The maximum Gasteiger partial charge on any atom is 0.122 e. The SMILES string of the molecule is CCSCC1CC1(Cl)Cl. The van der Waals surface area contributed by atoms with Crippen molar-refractivity contribution in [3.8, 4) is 0 Å². The molecule has 1 unspecified atom stereocenters. The van der Waals surface area contributed by atoms with Gasteiger partial charge in [0.1, 0.15) is 4.33 Å².